The molecule has 0 saturated heterocycles. The van der Waals surface area contributed by atoms with Crippen molar-refractivity contribution in [3.8, 4) is 11.5 Å². The van der Waals surface area contributed by atoms with Gasteiger partial charge in [-0.3, -0.25) is 0 Å². The number of pyridine rings is 1. The summed E-state index contributed by atoms with van der Waals surface area (Å²) in [7, 11) is 1.62. The van der Waals surface area contributed by atoms with Crippen molar-refractivity contribution in [2.75, 3.05) is 13.7 Å². The van der Waals surface area contributed by atoms with Crippen LogP contribution >= 0.6 is 0 Å². The van der Waals surface area contributed by atoms with E-state index in [1.165, 1.54) is 0 Å². The Labute approximate surface area is 169 Å². The molecular weight excluding hydrogens is 366 g/mol. The Morgan fingerprint density at radius 3 is 2.76 bits per heavy atom. The summed E-state index contributed by atoms with van der Waals surface area (Å²) in [5.41, 5.74) is 4.42. The first kappa shape index (κ1) is 19.0. The number of fused-ring (bicyclic) bond motifs is 2. The zero-order valence-electron chi connectivity index (χ0n) is 16.5. The van der Waals surface area contributed by atoms with E-state index in [0.29, 0.717) is 35.4 Å². The van der Waals surface area contributed by atoms with Crippen molar-refractivity contribution in [2.45, 2.75) is 26.2 Å². The lowest BCUT2D eigenvalue weighted by molar-refractivity contribution is -0.254. The number of carbonyl (C=O) groups is 1. The first-order valence-electron chi connectivity index (χ1n) is 9.77. The molecule has 0 amide bonds. The summed E-state index contributed by atoms with van der Waals surface area (Å²) >= 11 is 0. The molecule has 148 valence electrons. The lowest BCUT2D eigenvalue weighted by atomic mass is 9.86. The van der Waals surface area contributed by atoms with Gasteiger partial charge in [0.25, 0.3) is 0 Å². The molecule has 3 aromatic rings. The van der Waals surface area contributed by atoms with Crippen LogP contribution in [0.1, 0.15) is 46.9 Å². The Morgan fingerprint density at radius 1 is 1.17 bits per heavy atom. The molecule has 4 rings (SSSR count). The highest BCUT2D eigenvalue weighted by atomic mass is 16.5. The molecule has 1 aliphatic rings. The van der Waals surface area contributed by atoms with Crippen LogP contribution in [0, 0.1) is 0 Å². The lowest BCUT2D eigenvalue weighted by Gasteiger charge is -2.23. The number of benzene rings is 2. The second-order valence-electron chi connectivity index (χ2n) is 6.99. The van der Waals surface area contributed by atoms with Crippen molar-refractivity contribution < 1.29 is 19.4 Å². The minimum Gasteiger partial charge on any atom is -0.545 e. The van der Waals surface area contributed by atoms with Crippen molar-refractivity contribution in [1.29, 1.82) is 0 Å². The quantitative estimate of drug-likeness (QED) is 0.663. The number of allylic oxidation sites excluding steroid dienone is 1. The van der Waals surface area contributed by atoms with Crippen LogP contribution < -0.4 is 14.6 Å². The van der Waals surface area contributed by atoms with Gasteiger partial charge in [-0.15, -0.1) is 0 Å². The maximum atomic E-state index is 11.9. The van der Waals surface area contributed by atoms with Gasteiger partial charge < -0.3 is 19.4 Å². The number of methoxy groups -OCH3 is 1. The number of aromatic nitrogens is 1. The van der Waals surface area contributed by atoms with E-state index in [9.17, 15) is 9.90 Å². The van der Waals surface area contributed by atoms with E-state index in [2.05, 4.69) is 6.08 Å². The van der Waals surface area contributed by atoms with Gasteiger partial charge in [-0.2, -0.15) is 0 Å². The summed E-state index contributed by atoms with van der Waals surface area (Å²) in [6, 6.07) is 13.1. The topological polar surface area (TPSA) is 71.5 Å². The summed E-state index contributed by atoms with van der Waals surface area (Å²) in [5.74, 6) is 0.215. The molecule has 5 heteroatoms. The van der Waals surface area contributed by atoms with E-state index >= 15 is 0 Å². The average Bonchev–Trinajstić information content (AvgIpc) is 2.73. The monoisotopic (exact) mass is 388 g/mol. The van der Waals surface area contributed by atoms with Crippen molar-refractivity contribution in [1.82, 2.24) is 4.98 Å². The third-order valence-corrected chi connectivity index (χ3v) is 5.20. The third-order valence-electron chi connectivity index (χ3n) is 5.20. The third kappa shape index (κ3) is 3.56. The summed E-state index contributed by atoms with van der Waals surface area (Å²) < 4.78 is 11.0. The minimum absolute atomic E-state index is 0.264. The van der Waals surface area contributed by atoms with E-state index < -0.39 is 5.97 Å². The molecular formula is C24H22NO4-. The molecule has 0 N–H and O–H groups in total. The highest BCUT2D eigenvalue weighted by Crippen LogP contribution is 2.37. The Morgan fingerprint density at radius 2 is 2.00 bits per heavy atom. The predicted molar refractivity (Wildman–Crippen MR) is 111 cm³/mol. The Kier molecular flexibility index (Phi) is 5.21. The maximum absolute atomic E-state index is 11.9. The first-order chi connectivity index (χ1) is 14.1. The molecule has 0 atom stereocenters. The standard InChI is InChI=1S/C24H23NO4/c1-3-29-20-12-11-15(14-21(20)28-2)13-16-7-6-9-18-22(24(26)27)17-8-4-5-10-19(17)25-23(16)18/h4-5,8,10-14H,3,6-7,9H2,1-2H3,(H,26,27)/p-1/b16-13+. The summed E-state index contributed by atoms with van der Waals surface area (Å²) in [6.07, 6.45) is 4.44. The van der Waals surface area contributed by atoms with E-state index in [0.717, 1.165) is 35.2 Å². The average molecular weight is 388 g/mol. The fourth-order valence-electron chi connectivity index (χ4n) is 3.96. The highest BCUT2D eigenvalue weighted by Gasteiger charge is 2.22. The number of rotatable bonds is 5. The van der Waals surface area contributed by atoms with Crippen LogP contribution in [0.2, 0.25) is 0 Å². The van der Waals surface area contributed by atoms with E-state index in [1.54, 1.807) is 13.2 Å². The van der Waals surface area contributed by atoms with Crippen LogP contribution in [0.4, 0.5) is 0 Å². The van der Waals surface area contributed by atoms with Crippen LogP contribution in [-0.4, -0.2) is 24.7 Å². The van der Waals surface area contributed by atoms with Gasteiger partial charge in [-0.05, 0) is 67.2 Å². The number of aromatic carboxylic acids is 1. The van der Waals surface area contributed by atoms with Crippen LogP contribution in [0.5, 0.6) is 11.5 Å². The number of para-hydroxylation sites is 1. The number of carbonyl (C=O) groups excluding carboxylic acids is 1. The van der Waals surface area contributed by atoms with Crippen LogP contribution in [0.25, 0.3) is 22.6 Å². The molecule has 0 aliphatic heterocycles. The molecule has 29 heavy (non-hydrogen) atoms. The predicted octanol–water partition coefficient (Wildman–Crippen LogP) is 3.88. The second-order valence-corrected chi connectivity index (χ2v) is 6.99. The van der Waals surface area contributed by atoms with Crippen molar-refractivity contribution in [2.24, 2.45) is 0 Å². The number of ether oxygens (including phenoxy) is 2. The molecule has 0 radical (unpaired) electrons. The van der Waals surface area contributed by atoms with Gasteiger partial charge in [-0.1, -0.05) is 24.3 Å². The number of hydrogen-bond donors (Lipinski definition) is 0. The second kappa shape index (κ2) is 7.95. The molecule has 5 nitrogen and oxygen atoms in total. The largest absolute Gasteiger partial charge is 0.545 e. The molecule has 0 bridgehead atoms. The van der Waals surface area contributed by atoms with E-state index in [-0.39, 0.29) is 5.56 Å². The maximum Gasteiger partial charge on any atom is 0.161 e. The van der Waals surface area contributed by atoms with Crippen LogP contribution in [-0.2, 0) is 6.42 Å². The number of nitrogens with zero attached hydrogens (tertiary/aromatic N) is 1. The Hall–Kier alpha value is -3.34. The number of carboxylic acids is 1. The summed E-state index contributed by atoms with van der Waals surface area (Å²) in [5, 5.41) is 12.6. The fourth-order valence-corrected chi connectivity index (χ4v) is 3.96. The van der Waals surface area contributed by atoms with Gasteiger partial charge in [0.2, 0.25) is 0 Å². The summed E-state index contributed by atoms with van der Waals surface area (Å²) in [6.45, 7) is 2.49. The smallest absolute Gasteiger partial charge is 0.161 e. The van der Waals surface area contributed by atoms with Gasteiger partial charge in [0.1, 0.15) is 0 Å². The number of carboxylic acid groups (broad SMARTS) is 1. The highest BCUT2D eigenvalue weighted by molar-refractivity contribution is 6.05. The molecule has 1 heterocycles. The van der Waals surface area contributed by atoms with Crippen LogP contribution in [0.3, 0.4) is 0 Å². The summed E-state index contributed by atoms with van der Waals surface area (Å²) in [4.78, 5) is 16.8. The van der Waals surface area contributed by atoms with Gasteiger partial charge in [0, 0.05) is 10.9 Å². The van der Waals surface area contributed by atoms with Crippen molar-refractivity contribution in [3.05, 3.63) is 64.8 Å². The molecule has 0 saturated carbocycles. The van der Waals surface area contributed by atoms with Crippen molar-refractivity contribution >= 4 is 28.5 Å². The normalized spacial score (nSPS) is 14.6. The minimum atomic E-state index is -1.15. The zero-order chi connectivity index (χ0) is 20.4. The Bertz CT molecular complexity index is 1120. The number of hydrogen-bond acceptors (Lipinski definition) is 5. The van der Waals surface area contributed by atoms with Gasteiger partial charge in [0.15, 0.2) is 11.5 Å². The van der Waals surface area contributed by atoms with E-state index in [1.807, 2.05) is 43.3 Å². The van der Waals surface area contributed by atoms with E-state index in [4.69, 9.17) is 14.5 Å². The first-order valence-corrected chi connectivity index (χ1v) is 9.77. The Balaban J connectivity index is 1.86. The SMILES string of the molecule is CCOc1ccc(/C=C2\CCCc3c2nc2ccccc2c3C(=O)[O-])cc1OC. The van der Waals surface area contributed by atoms with Crippen LogP contribution in [0.15, 0.2) is 42.5 Å². The van der Waals surface area contributed by atoms with Gasteiger partial charge in [0.05, 0.1) is 30.9 Å². The van der Waals surface area contributed by atoms with Crippen molar-refractivity contribution in [3.63, 3.8) is 0 Å². The zero-order valence-corrected chi connectivity index (χ0v) is 16.5. The lowest BCUT2D eigenvalue weighted by Crippen LogP contribution is -2.26. The van der Waals surface area contributed by atoms with Gasteiger partial charge in [-0.25, -0.2) is 4.98 Å². The molecule has 0 unspecified atom stereocenters. The molecule has 0 fully saturated rings. The fraction of sp³-hybridized carbons (Fsp3) is 0.250. The van der Waals surface area contributed by atoms with Gasteiger partial charge >= 0.3 is 0 Å². The molecule has 0 spiro atoms. The molecule has 2 aromatic carbocycles. The molecule has 1 aliphatic carbocycles. The molecule has 1 aromatic heterocycles.